The number of hydrogen-bond acceptors (Lipinski definition) is 4. The second-order valence-corrected chi connectivity index (χ2v) is 5.29. The Kier molecular flexibility index (Phi) is 5.42. The Morgan fingerprint density at radius 2 is 2.00 bits per heavy atom. The Balaban J connectivity index is 2.20. The first-order valence-electron chi connectivity index (χ1n) is 6.55. The van der Waals surface area contributed by atoms with Gasteiger partial charge in [-0.3, -0.25) is 0 Å². The van der Waals surface area contributed by atoms with Crippen molar-refractivity contribution in [3.05, 3.63) is 54.1 Å². The molecule has 0 radical (unpaired) electrons. The maximum absolute atomic E-state index is 8.74. The van der Waals surface area contributed by atoms with Gasteiger partial charge in [-0.1, -0.05) is 18.2 Å². The fraction of sp³-hybridized carbons (Fsp3) is 0.176. The van der Waals surface area contributed by atoms with Crippen molar-refractivity contribution in [2.45, 2.75) is 13.3 Å². The maximum Gasteiger partial charge on any atom is 0.130 e. The summed E-state index contributed by atoms with van der Waals surface area (Å²) >= 11 is 1.50. The molecular formula is C17H16N2OS. The number of aryl methyl sites for hydroxylation is 1. The number of hydrogen-bond donors (Lipinski definition) is 0. The molecule has 21 heavy (non-hydrogen) atoms. The summed E-state index contributed by atoms with van der Waals surface area (Å²) in [5.74, 6) is 1.62. The number of thioether (sulfide) groups is 1. The quantitative estimate of drug-likeness (QED) is 0.583. The molecule has 0 bridgehead atoms. The molecule has 3 nitrogen and oxygen atoms in total. The van der Waals surface area contributed by atoms with Crippen molar-refractivity contribution in [1.29, 1.82) is 5.26 Å². The monoisotopic (exact) mass is 296 g/mol. The zero-order valence-corrected chi connectivity index (χ0v) is 12.9. The van der Waals surface area contributed by atoms with E-state index in [0.717, 1.165) is 27.8 Å². The molecule has 0 aliphatic heterocycles. The van der Waals surface area contributed by atoms with Crippen molar-refractivity contribution in [1.82, 2.24) is 0 Å². The molecule has 4 heteroatoms. The number of rotatable bonds is 4. The average molecular weight is 296 g/mol. The van der Waals surface area contributed by atoms with E-state index in [1.54, 1.807) is 0 Å². The number of benzene rings is 2. The molecule has 2 rings (SSSR count). The second kappa shape index (κ2) is 7.51. The number of para-hydroxylation sites is 1. The number of nitriles is 1. The van der Waals surface area contributed by atoms with Gasteiger partial charge in [0.15, 0.2) is 0 Å². The minimum atomic E-state index is 0.336. The van der Waals surface area contributed by atoms with Crippen LogP contribution >= 0.6 is 11.8 Å². The molecule has 0 saturated heterocycles. The molecule has 0 spiro atoms. The summed E-state index contributed by atoms with van der Waals surface area (Å²) in [6.45, 7) is 1.99. The van der Waals surface area contributed by atoms with Crippen LogP contribution in [-0.2, 0) is 0 Å². The fourth-order valence-electron chi connectivity index (χ4n) is 1.80. The van der Waals surface area contributed by atoms with Crippen molar-refractivity contribution in [3.8, 4) is 17.6 Å². The zero-order chi connectivity index (χ0) is 15.1. The molecule has 0 amide bonds. The Bertz CT molecular complexity index is 675. The Morgan fingerprint density at radius 1 is 1.24 bits per heavy atom. The first-order valence-corrected chi connectivity index (χ1v) is 7.77. The minimum Gasteiger partial charge on any atom is -0.457 e. The molecule has 0 atom stereocenters. The van der Waals surface area contributed by atoms with Crippen LogP contribution in [0.25, 0.3) is 0 Å². The summed E-state index contributed by atoms with van der Waals surface area (Å²) in [4.78, 5) is 4.48. The van der Waals surface area contributed by atoms with Gasteiger partial charge in [0.1, 0.15) is 11.5 Å². The molecule has 0 aliphatic rings. The summed E-state index contributed by atoms with van der Waals surface area (Å²) in [5.41, 5.74) is 1.85. The van der Waals surface area contributed by atoms with E-state index in [1.807, 2.05) is 61.7 Å². The largest absolute Gasteiger partial charge is 0.457 e. The van der Waals surface area contributed by atoms with E-state index in [4.69, 9.17) is 10.00 Å². The zero-order valence-electron chi connectivity index (χ0n) is 12.0. The molecule has 0 heterocycles. The van der Waals surface area contributed by atoms with Crippen LogP contribution in [0.3, 0.4) is 0 Å². The third kappa shape index (κ3) is 4.37. The molecule has 0 aromatic heterocycles. The fourth-order valence-corrected chi connectivity index (χ4v) is 2.21. The summed E-state index contributed by atoms with van der Waals surface area (Å²) in [7, 11) is 0. The van der Waals surface area contributed by atoms with Crippen molar-refractivity contribution in [2.24, 2.45) is 4.99 Å². The Morgan fingerprint density at radius 3 is 2.62 bits per heavy atom. The lowest BCUT2D eigenvalue weighted by Crippen LogP contribution is -1.89. The third-order valence-corrected chi connectivity index (χ3v) is 3.56. The van der Waals surface area contributed by atoms with Crippen LogP contribution in [0.2, 0.25) is 0 Å². The van der Waals surface area contributed by atoms with Gasteiger partial charge in [0.05, 0.1) is 23.2 Å². The molecule has 0 saturated carbocycles. The van der Waals surface area contributed by atoms with Crippen LogP contribution in [-0.4, -0.2) is 11.3 Å². The summed E-state index contributed by atoms with van der Waals surface area (Å²) in [6.07, 6.45) is 2.26. The van der Waals surface area contributed by atoms with E-state index >= 15 is 0 Å². The predicted octanol–water partition coefficient (Wildman–Crippen LogP) is 5.09. The highest BCUT2D eigenvalue weighted by molar-refractivity contribution is 8.13. The van der Waals surface area contributed by atoms with E-state index < -0.39 is 0 Å². The molecule has 2 aromatic rings. The van der Waals surface area contributed by atoms with E-state index in [9.17, 15) is 0 Å². The van der Waals surface area contributed by atoms with Gasteiger partial charge in [-0.05, 0) is 49.1 Å². The van der Waals surface area contributed by atoms with E-state index in [1.165, 1.54) is 11.8 Å². The van der Waals surface area contributed by atoms with Crippen LogP contribution in [0.4, 0.5) is 5.69 Å². The molecule has 0 aliphatic carbocycles. The first kappa shape index (κ1) is 15.1. The molecule has 2 aromatic carbocycles. The smallest absolute Gasteiger partial charge is 0.130 e. The van der Waals surface area contributed by atoms with Gasteiger partial charge in [0.25, 0.3) is 0 Å². The van der Waals surface area contributed by atoms with Crippen molar-refractivity contribution in [3.63, 3.8) is 0 Å². The Hall–Kier alpha value is -2.25. The lowest BCUT2D eigenvalue weighted by Gasteiger charge is -2.09. The minimum absolute atomic E-state index is 0.336. The summed E-state index contributed by atoms with van der Waals surface area (Å²) < 4.78 is 5.84. The van der Waals surface area contributed by atoms with Crippen LogP contribution in [0.15, 0.2) is 53.5 Å². The highest BCUT2D eigenvalue weighted by atomic mass is 32.2. The average Bonchev–Trinajstić information content (AvgIpc) is 2.50. The van der Waals surface area contributed by atoms with Gasteiger partial charge in [-0.2, -0.15) is 5.26 Å². The molecule has 0 unspecified atom stereocenters. The second-order valence-electron chi connectivity index (χ2n) is 4.41. The lowest BCUT2D eigenvalue weighted by molar-refractivity contribution is 0.479. The van der Waals surface area contributed by atoms with Crippen molar-refractivity contribution < 1.29 is 4.74 Å². The van der Waals surface area contributed by atoms with Crippen LogP contribution in [0.5, 0.6) is 11.5 Å². The molecule has 0 fully saturated rings. The van der Waals surface area contributed by atoms with Gasteiger partial charge in [-0.25, -0.2) is 4.99 Å². The van der Waals surface area contributed by atoms with Crippen LogP contribution < -0.4 is 4.74 Å². The molecule has 106 valence electrons. The summed E-state index contributed by atoms with van der Waals surface area (Å²) in [5, 5.41) is 9.56. The van der Waals surface area contributed by atoms with Crippen molar-refractivity contribution in [2.75, 3.05) is 6.26 Å². The number of aliphatic imine (C=N–C) groups is 1. The van der Waals surface area contributed by atoms with Crippen LogP contribution in [0.1, 0.15) is 12.0 Å². The van der Waals surface area contributed by atoms with Gasteiger partial charge in [0, 0.05) is 0 Å². The number of ether oxygens (including phenoxy) is 1. The lowest BCUT2D eigenvalue weighted by atomic mass is 10.2. The standard InChI is InChI=1S/C17H16N2OS/c1-13-12-14(19-17(21-2)10-11-18)8-9-16(13)20-15-6-4-3-5-7-15/h3-9,12H,10H2,1-2H3. The normalized spacial score (nSPS) is 11.0. The molecular weight excluding hydrogens is 280 g/mol. The maximum atomic E-state index is 8.74. The van der Waals surface area contributed by atoms with E-state index in [2.05, 4.69) is 11.1 Å². The Labute approximate surface area is 129 Å². The van der Waals surface area contributed by atoms with E-state index in [-0.39, 0.29) is 0 Å². The topological polar surface area (TPSA) is 45.4 Å². The SMILES string of the molecule is CSC(CC#N)=Nc1ccc(Oc2ccccc2)c(C)c1. The highest BCUT2D eigenvalue weighted by Gasteiger charge is 2.03. The van der Waals surface area contributed by atoms with Crippen LogP contribution in [0, 0.1) is 18.3 Å². The highest BCUT2D eigenvalue weighted by Crippen LogP contribution is 2.28. The van der Waals surface area contributed by atoms with Gasteiger partial charge in [0.2, 0.25) is 0 Å². The number of nitrogens with zero attached hydrogens (tertiary/aromatic N) is 2. The van der Waals surface area contributed by atoms with Gasteiger partial charge in [-0.15, -0.1) is 11.8 Å². The van der Waals surface area contributed by atoms with Gasteiger partial charge < -0.3 is 4.74 Å². The third-order valence-electron chi connectivity index (χ3n) is 2.85. The first-order chi connectivity index (χ1) is 10.2. The van der Waals surface area contributed by atoms with E-state index in [0.29, 0.717) is 6.42 Å². The predicted molar refractivity (Wildman–Crippen MR) is 88.5 cm³/mol. The summed E-state index contributed by atoms with van der Waals surface area (Å²) in [6, 6.07) is 17.6. The van der Waals surface area contributed by atoms with Crippen molar-refractivity contribution >= 4 is 22.5 Å². The molecule has 0 N–H and O–H groups in total. The van der Waals surface area contributed by atoms with Gasteiger partial charge >= 0.3 is 0 Å².